The minimum Gasteiger partial charge on any atom is -0.493 e. The second kappa shape index (κ2) is 11.8. The fourth-order valence-electron chi connectivity index (χ4n) is 5.12. The van der Waals surface area contributed by atoms with Crippen molar-refractivity contribution in [1.82, 2.24) is 19.6 Å². The first kappa shape index (κ1) is 26.6. The number of carbonyl (C=O) groups excluding carboxylic acids is 1. The molecule has 4 heterocycles. The Morgan fingerprint density at radius 2 is 1.87 bits per heavy atom. The van der Waals surface area contributed by atoms with Gasteiger partial charge in [0.15, 0.2) is 17.8 Å². The predicted molar refractivity (Wildman–Crippen MR) is 151 cm³/mol. The number of methoxy groups -OCH3 is 2. The molecule has 39 heavy (non-hydrogen) atoms. The molecule has 10 nitrogen and oxygen atoms in total. The molecule has 204 valence electrons. The Morgan fingerprint density at radius 1 is 1.05 bits per heavy atom. The topological polar surface area (TPSA) is 104 Å². The van der Waals surface area contributed by atoms with E-state index in [1.807, 2.05) is 31.3 Å². The first-order chi connectivity index (χ1) is 19.1. The average Bonchev–Trinajstić information content (AvgIpc) is 3.32. The zero-order chi connectivity index (χ0) is 27.4. The highest BCUT2D eigenvalue weighted by Gasteiger charge is 2.22. The van der Waals surface area contributed by atoms with E-state index in [0.717, 1.165) is 61.2 Å². The van der Waals surface area contributed by atoms with E-state index in [1.54, 1.807) is 22.7 Å². The van der Waals surface area contributed by atoms with Gasteiger partial charge in [-0.15, -0.1) is 0 Å². The van der Waals surface area contributed by atoms with E-state index in [0.29, 0.717) is 39.8 Å². The summed E-state index contributed by atoms with van der Waals surface area (Å²) in [5.41, 5.74) is 1.95. The summed E-state index contributed by atoms with van der Waals surface area (Å²) in [6.45, 7) is 6.22. The van der Waals surface area contributed by atoms with Gasteiger partial charge in [-0.1, -0.05) is 0 Å². The molecule has 5 aromatic rings. The van der Waals surface area contributed by atoms with Crippen molar-refractivity contribution >= 4 is 44.4 Å². The molecule has 0 saturated carbocycles. The number of fused-ring (bicyclic) bond motifs is 5. The van der Waals surface area contributed by atoms with Crippen LogP contribution >= 0.6 is 0 Å². The fourth-order valence-corrected chi connectivity index (χ4v) is 5.12. The predicted octanol–water partition coefficient (Wildman–Crippen LogP) is 2.72. The Kier molecular flexibility index (Phi) is 8.06. The summed E-state index contributed by atoms with van der Waals surface area (Å²) >= 11 is 0. The van der Waals surface area contributed by atoms with Crippen LogP contribution in [0.15, 0.2) is 47.4 Å². The molecule has 1 N–H and O–H groups in total. The molecule has 0 spiro atoms. The van der Waals surface area contributed by atoms with Crippen molar-refractivity contribution in [2.24, 2.45) is 0 Å². The summed E-state index contributed by atoms with van der Waals surface area (Å²) in [6, 6.07) is 10.9. The summed E-state index contributed by atoms with van der Waals surface area (Å²) in [7, 11) is 5.04. The van der Waals surface area contributed by atoms with Crippen LogP contribution in [0.1, 0.15) is 0 Å². The van der Waals surface area contributed by atoms with Gasteiger partial charge in [0.05, 0.1) is 49.4 Å². The quantitative estimate of drug-likeness (QED) is 0.239. The van der Waals surface area contributed by atoms with Gasteiger partial charge in [-0.05, 0) is 43.4 Å². The van der Waals surface area contributed by atoms with Gasteiger partial charge in [0, 0.05) is 48.5 Å². The molecule has 1 saturated heterocycles. The standard InChI is InChI=1S/C22H16N2O5.C7H16N2O/c1-27-17-6-4-14-18(21(17)28-2)22(26)24-16-5-3-12(29-10-9-25)11-15(16)13-7-8-23-19(14)20(13)24;1-8-2-3-9-4-6-10-7-5-9/h3-9,11H,10H2,1-2H3;8H,2-7H2,1H3. The average molecular weight is 533 g/mol. The second-order valence-corrected chi connectivity index (χ2v) is 9.13. The van der Waals surface area contributed by atoms with Crippen molar-refractivity contribution in [1.29, 1.82) is 0 Å². The minimum atomic E-state index is -0.210. The third kappa shape index (κ3) is 4.94. The Labute approximate surface area is 225 Å². The number of hydrogen-bond acceptors (Lipinski definition) is 9. The number of nitrogens with one attached hydrogen (secondary N) is 1. The molecule has 2 aromatic carbocycles. The monoisotopic (exact) mass is 532 g/mol. The number of carbonyl (C=O) groups is 1. The maximum atomic E-state index is 13.6. The smallest absolute Gasteiger partial charge is 0.267 e. The van der Waals surface area contributed by atoms with Gasteiger partial charge >= 0.3 is 0 Å². The van der Waals surface area contributed by atoms with Gasteiger partial charge in [-0.25, -0.2) is 0 Å². The molecule has 0 aliphatic carbocycles. The number of pyridine rings is 2. The molecule has 6 rings (SSSR count). The number of ether oxygens (including phenoxy) is 4. The molecule has 0 bridgehead atoms. The number of morpholine rings is 1. The lowest BCUT2D eigenvalue weighted by molar-refractivity contribution is -0.109. The van der Waals surface area contributed by atoms with Crippen LogP contribution in [-0.4, -0.2) is 87.8 Å². The summed E-state index contributed by atoms with van der Waals surface area (Å²) in [4.78, 5) is 31.2. The van der Waals surface area contributed by atoms with Gasteiger partial charge in [0.25, 0.3) is 5.56 Å². The van der Waals surface area contributed by atoms with E-state index in [1.165, 1.54) is 14.2 Å². The van der Waals surface area contributed by atoms with Gasteiger partial charge in [-0.3, -0.25) is 23.9 Å². The van der Waals surface area contributed by atoms with Crippen LogP contribution in [-0.2, 0) is 9.53 Å². The van der Waals surface area contributed by atoms with Crippen LogP contribution in [0, 0.1) is 0 Å². The van der Waals surface area contributed by atoms with Crippen molar-refractivity contribution < 1.29 is 23.7 Å². The zero-order valence-electron chi connectivity index (χ0n) is 22.4. The van der Waals surface area contributed by atoms with E-state index in [4.69, 9.17) is 18.9 Å². The van der Waals surface area contributed by atoms with Crippen LogP contribution in [0.3, 0.4) is 0 Å². The molecule has 1 aliphatic rings. The van der Waals surface area contributed by atoms with Crippen LogP contribution in [0.25, 0.3) is 38.1 Å². The lowest BCUT2D eigenvalue weighted by atomic mass is 10.1. The Hall–Kier alpha value is -3.99. The SMILES string of the molecule is CNCCN1CCOCC1.COc1ccc2c(c1OC)c(=O)n1c3ccc(OCC=O)cc3c3ccnc2c31. The van der Waals surface area contributed by atoms with Gasteiger partial charge in [-0.2, -0.15) is 0 Å². The third-order valence-electron chi connectivity index (χ3n) is 6.96. The Morgan fingerprint density at radius 3 is 2.59 bits per heavy atom. The summed E-state index contributed by atoms with van der Waals surface area (Å²) in [6.07, 6.45) is 2.42. The van der Waals surface area contributed by atoms with E-state index >= 15 is 0 Å². The number of likely N-dealkylation sites (N-methyl/N-ethyl adjacent to an activating group) is 1. The number of aromatic nitrogens is 2. The highest BCUT2D eigenvalue weighted by molar-refractivity contribution is 6.19. The van der Waals surface area contributed by atoms with Crippen molar-refractivity contribution in [3.8, 4) is 17.2 Å². The summed E-state index contributed by atoms with van der Waals surface area (Å²) in [5, 5.41) is 5.98. The third-order valence-corrected chi connectivity index (χ3v) is 6.96. The molecule has 0 radical (unpaired) electrons. The maximum Gasteiger partial charge on any atom is 0.267 e. The molecular weight excluding hydrogens is 500 g/mol. The fraction of sp³-hybridized carbons (Fsp3) is 0.345. The minimum absolute atomic E-state index is 0.0294. The van der Waals surface area contributed by atoms with Gasteiger partial charge < -0.3 is 24.3 Å². The number of benzene rings is 2. The highest BCUT2D eigenvalue weighted by Crippen LogP contribution is 2.39. The summed E-state index contributed by atoms with van der Waals surface area (Å²) in [5.74, 6) is 1.42. The van der Waals surface area contributed by atoms with E-state index < -0.39 is 0 Å². The number of aldehydes is 1. The zero-order valence-corrected chi connectivity index (χ0v) is 22.4. The maximum absolute atomic E-state index is 13.6. The number of nitrogens with zero attached hydrogens (tertiary/aromatic N) is 3. The van der Waals surface area contributed by atoms with Crippen LogP contribution in [0.2, 0.25) is 0 Å². The molecule has 0 unspecified atom stereocenters. The van der Waals surface area contributed by atoms with Gasteiger partial charge in [0.1, 0.15) is 12.4 Å². The molecule has 1 fully saturated rings. The van der Waals surface area contributed by atoms with Crippen molar-refractivity contribution in [2.45, 2.75) is 0 Å². The molecule has 1 aliphatic heterocycles. The largest absolute Gasteiger partial charge is 0.493 e. The Balaban J connectivity index is 0.000000261. The number of rotatable bonds is 8. The molecule has 0 atom stereocenters. The molecule has 0 amide bonds. The van der Waals surface area contributed by atoms with E-state index in [9.17, 15) is 9.59 Å². The first-order valence-electron chi connectivity index (χ1n) is 12.9. The van der Waals surface area contributed by atoms with E-state index in [-0.39, 0.29) is 12.2 Å². The molecule has 10 heteroatoms. The van der Waals surface area contributed by atoms with Crippen LogP contribution in [0.4, 0.5) is 0 Å². The molecular formula is C29H32N4O6. The number of hydrogen-bond donors (Lipinski definition) is 1. The van der Waals surface area contributed by atoms with Crippen molar-refractivity contribution in [3.63, 3.8) is 0 Å². The van der Waals surface area contributed by atoms with Crippen LogP contribution < -0.4 is 25.1 Å². The van der Waals surface area contributed by atoms with Gasteiger partial charge in [0.2, 0.25) is 0 Å². The normalized spacial score (nSPS) is 14.0. The highest BCUT2D eigenvalue weighted by atomic mass is 16.5. The first-order valence-corrected chi connectivity index (χ1v) is 12.9. The second-order valence-electron chi connectivity index (χ2n) is 9.13. The Bertz CT molecular complexity index is 1660. The summed E-state index contributed by atoms with van der Waals surface area (Å²) < 4.78 is 23.2. The van der Waals surface area contributed by atoms with Crippen LogP contribution in [0.5, 0.6) is 17.2 Å². The van der Waals surface area contributed by atoms with E-state index in [2.05, 4.69) is 15.2 Å². The van der Waals surface area contributed by atoms with Crippen molar-refractivity contribution in [2.75, 3.05) is 67.3 Å². The molecule has 3 aromatic heterocycles. The van der Waals surface area contributed by atoms with Crippen molar-refractivity contribution in [3.05, 3.63) is 52.9 Å². The lowest BCUT2D eigenvalue weighted by Gasteiger charge is -2.26. The lowest BCUT2D eigenvalue weighted by Crippen LogP contribution is -2.39.